The van der Waals surface area contributed by atoms with Gasteiger partial charge in [-0.15, -0.1) is 0 Å². The van der Waals surface area contributed by atoms with Crippen molar-refractivity contribution in [2.24, 2.45) is 0 Å². The van der Waals surface area contributed by atoms with Gasteiger partial charge in [0.05, 0.1) is 6.54 Å². The lowest BCUT2D eigenvalue weighted by molar-refractivity contribution is 0.0528. The van der Waals surface area contributed by atoms with Crippen LogP contribution < -0.4 is 16.0 Å². The van der Waals surface area contributed by atoms with Crippen LogP contribution in [-0.4, -0.2) is 40.6 Å². The van der Waals surface area contributed by atoms with Gasteiger partial charge in [0, 0.05) is 31.2 Å². The van der Waals surface area contributed by atoms with Gasteiger partial charge in [0.1, 0.15) is 5.60 Å². The predicted octanol–water partition coefficient (Wildman–Crippen LogP) is 2.58. The number of ether oxygens (including phenoxy) is 1. The largest absolute Gasteiger partial charge is 0.444 e. The van der Waals surface area contributed by atoms with Gasteiger partial charge in [-0.05, 0) is 44.5 Å². The molecule has 0 aliphatic carbocycles. The molecular weight excluding hydrogens is 334 g/mol. The number of nitrogens with zero attached hydrogens (tertiary/aromatic N) is 2. The first kappa shape index (κ1) is 19.3. The number of alkyl carbamates (subject to hydrolysis) is 1. The SMILES string of the molecule is CC(C)(C)OC(=O)NCCNC(=O)Nc1ccc(Cn2cccn2)cc1. The summed E-state index contributed by atoms with van der Waals surface area (Å²) < 4.78 is 6.93. The number of anilines is 1. The van der Waals surface area contributed by atoms with Crippen LogP contribution in [0.2, 0.25) is 0 Å². The van der Waals surface area contributed by atoms with E-state index in [-0.39, 0.29) is 12.6 Å². The van der Waals surface area contributed by atoms with Crippen LogP contribution in [0.1, 0.15) is 26.3 Å². The number of amides is 3. The number of rotatable bonds is 6. The van der Waals surface area contributed by atoms with Crippen molar-refractivity contribution in [2.45, 2.75) is 32.9 Å². The van der Waals surface area contributed by atoms with Crippen molar-refractivity contribution in [3.05, 3.63) is 48.3 Å². The maximum atomic E-state index is 11.8. The minimum atomic E-state index is -0.543. The molecule has 3 amide bonds. The van der Waals surface area contributed by atoms with Crippen LogP contribution in [0, 0.1) is 0 Å². The maximum Gasteiger partial charge on any atom is 0.407 e. The van der Waals surface area contributed by atoms with Crippen LogP contribution in [0.5, 0.6) is 0 Å². The number of nitrogens with one attached hydrogen (secondary N) is 3. The number of aromatic nitrogens is 2. The molecule has 1 heterocycles. The van der Waals surface area contributed by atoms with Gasteiger partial charge in [-0.3, -0.25) is 4.68 Å². The molecule has 0 saturated carbocycles. The van der Waals surface area contributed by atoms with E-state index in [1.807, 2.05) is 41.2 Å². The average molecular weight is 359 g/mol. The standard InChI is InChI=1S/C18H25N5O3/c1-18(2,3)26-17(25)20-11-10-19-16(24)22-15-7-5-14(6-8-15)13-23-12-4-9-21-23/h4-9,12H,10-11,13H2,1-3H3,(H,20,25)(H2,19,22,24). The Morgan fingerprint density at radius 1 is 1.12 bits per heavy atom. The van der Waals surface area contributed by atoms with E-state index in [1.54, 1.807) is 27.0 Å². The Morgan fingerprint density at radius 2 is 1.81 bits per heavy atom. The summed E-state index contributed by atoms with van der Waals surface area (Å²) in [7, 11) is 0. The highest BCUT2D eigenvalue weighted by Crippen LogP contribution is 2.10. The van der Waals surface area contributed by atoms with Crippen molar-refractivity contribution in [3.63, 3.8) is 0 Å². The molecular formula is C18H25N5O3. The fourth-order valence-corrected chi connectivity index (χ4v) is 2.10. The number of carbonyl (C=O) groups is 2. The molecule has 0 spiro atoms. The van der Waals surface area contributed by atoms with Crippen molar-refractivity contribution >= 4 is 17.8 Å². The van der Waals surface area contributed by atoms with Gasteiger partial charge in [0.15, 0.2) is 0 Å². The normalized spacial score (nSPS) is 10.9. The van der Waals surface area contributed by atoms with Gasteiger partial charge in [-0.2, -0.15) is 5.10 Å². The number of urea groups is 1. The molecule has 0 radical (unpaired) electrons. The minimum absolute atomic E-state index is 0.283. The van der Waals surface area contributed by atoms with Gasteiger partial charge in [-0.1, -0.05) is 12.1 Å². The third-order valence-corrected chi connectivity index (χ3v) is 3.19. The summed E-state index contributed by atoms with van der Waals surface area (Å²) in [6, 6.07) is 9.06. The zero-order valence-electron chi connectivity index (χ0n) is 15.3. The van der Waals surface area contributed by atoms with E-state index in [2.05, 4.69) is 21.0 Å². The van der Waals surface area contributed by atoms with Gasteiger partial charge in [0.2, 0.25) is 0 Å². The Morgan fingerprint density at radius 3 is 2.42 bits per heavy atom. The van der Waals surface area contributed by atoms with Gasteiger partial charge in [-0.25, -0.2) is 9.59 Å². The molecule has 0 aliphatic rings. The van der Waals surface area contributed by atoms with Gasteiger partial charge < -0.3 is 20.7 Å². The third kappa shape index (κ3) is 7.25. The van der Waals surface area contributed by atoms with Crippen molar-refractivity contribution in [1.29, 1.82) is 0 Å². The number of hydrogen-bond acceptors (Lipinski definition) is 4. The number of hydrogen-bond donors (Lipinski definition) is 3. The quantitative estimate of drug-likeness (QED) is 0.691. The van der Waals surface area contributed by atoms with E-state index in [1.165, 1.54) is 0 Å². The number of carbonyl (C=O) groups excluding carboxylic acids is 2. The topological polar surface area (TPSA) is 97.3 Å². The first-order valence-electron chi connectivity index (χ1n) is 8.40. The second-order valence-electron chi connectivity index (χ2n) is 6.71. The fraction of sp³-hybridized carbons (Fsp3) is 0.389. The fourth-order valence-electron chi connectivity index (χ4n) is 2.10. The zero-order chi connectivity index (χ0) is 19.0. The van der Waals surface area contributed by atoms with E-state index in [4.69, 9.17) is 4.74 Å². The van der Waals surface area contributed by atoms with Crippen LogP contribution in [0.15, 0.2) is 42.7 Å². The van der Waals surface area contributed by atoms with Crippen molar-refractivity contribution in [3.8, 4) is 0 Å². The number of benzene rings is 1. The first-order valence-corrected chi connectivity index (χ1v) is 8.40. The molecule has 0 aliphatic heterocycles. The second kappa shape index (κ2) is 8.89. The molecule has 0 unspecified atom stereocenters. The van der Waals surface area contributed by atoms with Crippen LogP contribution in [-0.2, 0) is 11.3 Å². The summed E-state index contributed by atoms with van der Waals surface area (Å²) in [5.74, 6) is 0. The monoisotopic (exact) mass is 359 g/mol. The summed E-state index contributed by atoms with van der Waals surface area (Å²) in [5.41, 5.74) is 1.23. The maximum absolute atomic E-state index is 11.8. The Balaban J connectivity index is 1.67. The summed E-state index contributed by atoms with van der Waals surface area (Å²) in [4.78, 5) is 23.3. The van der Waals surface area contributed by atoms with Crippen LogP contribution in [0.25, 0.3) is 0 Å². The minimum Gasteiger partial charge on any atom is -0.444 e. The van der Waals surface area contributed by atoms with Gasteiger partial charge in [0.25, 0.3) is 0 Å². The first-order chi connectivity index (χ1) is 12.3. The predicted molar refractivity (Wildman–Crippen MR) is 99.0 cm³/mol. The molecule has 0 bridgehead atoms. The van der Waals surface area contributed by atoms with Crippen molar-refractivity contribution in [1.82, 2.24) is 20.4 Å². The van der Waals surface area contributed by atoms with Crippen LogP contribution >= 0.6 is 0 Å². The second-order valence-corrected chi connectivity index (χ2v) is 6.71. The summed E-state index contributed by atoms with van der Waals surface area (Å²) in [6.45, 7) is 6.62. The molecule has 2 aromatic rings. The average Bonchev–Trinajstić information content (AvgIpc) is 3.05. The van der Waals surface area contributed by atoms with Crippen molar-refractivity contribution in [2.75, 3.05) is 18.4 Å². The van der Waals surface area contributed by atoms with Crippen LogP contribution in [0.4, 0.5) is 15.3 Å². The molecule has 8 heteroatoms. The molecule has 0 saturated heterocycles. The van der Waals surface area contributed by atoms with Crippen LogP contribution in [0.3, 0.4) is 0 Å². The third-order valence-electron chi connectivity index (χ3n) is 3.19. The molecule has 2 rings (SSSR count). The highest BCUT2D eigenvalue weighted by Gasteiger charge is 2.15. The smallest absolute Gasteiger partial charge is 0.407 e. The molecule has 1 aromatic carbocycles. The lowest BCUT2D eigenvalue weighted by Crippen LogP contribution is -2.39. The van der Waals surface area contributed by atoms with E-state index >= 15 is 0 Å². The van der Waals surface area contributed by atoms with E-state index < -0.39 is 11.7 Å². The molecule has 1 aromatic heterocycles. The van der Waals surface area contributed by atoms with E-state index in [0.717, 1.165) is 5.56 Å². The Kier molecular flexibility index (Phi) is 6.60. The highest BCUT2D eigenvalue weighted by atomic mass is 16.6. The lowest BCUT2D eigenvalue weighted by atomic mass is 10.2. The summed E-state index contributed by atoms with van der Waals surface area (Å²) in [5, 5.41) is 12.1. The molecule has 26 heavy (non-hydrogen) atoms. The molecule has 3 N–H and O–H groups in total. The van der Waals surface area contributed by atoms with E-state index in [0.29, 0.717) is 18.8 Å². The summed E-state index contributed by atoms with van der Waals surface area (Å²) in [6.07, 6.45) is 3.12. The molecule has 140 valence electrons. The summed E-state index contributed by atoms with van der Waals surface area (Å²) >= 11 is 0. The van der Waals surface area contributed by atoms with Crippen molar-refractivity contribution < 1.29 is 14.3 Å². The molecule has 0 fully saturated rings. The van der Waals surface area contributed by atoms with Gasteiger partial charge >= 0.3 is 12.1 Å². The van der Waals surface area contributed by atoms with E-state index in [9.17, 15) is 9.59 Å². The Bertz CT molecular complexity index is 705. The lowest BCUT2D eigenvalue weighted by Gasteiger charge is -2.19. The Labute approximate surface area is 152 Å². The Hall–Kier alpha value is -3.03. The highest BCUT2D eigenvalue weighted by molar-refractivity contribution is 5.89. The zero-order valence-corrected chi connectivity index (χ0v) is 15.3. The molecule has 8 nitrogen and oxygen atoms in total. The molecule has 0 atom stereocenters.